The molecule has 0 spiro atoms. The van der Waals surface area contributed by atoms with Gasteiger partial charge in [0, 0.05) is 25.0 Å². The summed E-state index contributed by atoms with van der Waals surface area (Å²) in [4.78, 5) is 0. The van der Waals surface area contributed by atoms with Crippen molar-refractivity contribution in [3.63, 3.8) is 0 Å². The third kappa shape index (κ3) is 4.07. The summed E-state index contributed by atoms with van der Waals surface area (Å²) in [5.41, 5.74) is 2.28. The minimum Gasteiger partial charge on any atom is -0.360 e. The molecule has 1 heterocycles. The molecular weight excluding hydrogens is 292 g/mol. The first-order valence-corrected chi connectivity index (χ1v) is 8.35. The van der Waals surface area contributed by atoms with Crippen molar-refractivity contribution in [1.82, 2.24) is 20.4 Å². The first-order chi connectivity index (χ1) is 10.8. The van der Waals surface area contributed by atoms with E-state index in [9.17, 15) is 0 Å². The van der Waals surface area contributed by atoms with Gasteiger partial charge < -0.3 is 10.6 Å². The van der Waals surface area contributed by atoms with E-state index in [1.807, 2.05) is 16.9 Å². The van der Waals surface area contributed by atoms with Crippen LogP contribution < -0.4 is 10.6 Å². The zero-order valence-corrected chi connectivity index (χ0v) is 13.5. The fourth-order valence-corrected chi connectivity index (χ4v) is 3.09. The predicted molar refractivity (Wildman–Crippen MR) is 93.0 cm³/mol. The summed E-state index contributed by atoms with van der Waals surface area (Å²) in [7, 11) is 0. The Hall–Kier alpha value is -1.88. The van der Waals surface area contributed by atoms with Crippen molar-refractivity contribution in [3.8, 4) is 5.69 Å². The number of aromatic nitrogens is 2. The number of benzene rings is 1. The van der Waals surface area contributed by atoms with Gasteiger partial charge in [-0.25, -0.2) is 4.68 Å². The Morgan fingerprint density at radius 2 is 1.95 bits per heavy atom. The van der Waals surface area contributed by atoms with Gasteiger partial charge in [0.2, 0.25) is 0 Å². The van der Waals surface area contributed by atoms with Gasteiger partial charge in [0.05, 0.1) is 5.69 Å². The molecule has 2 aromatic rings. The molecule has 0 radical (unpaired) electrons. The standard InChI is InChI=1S/C17H22N4S/c22-17(20-15-5-2-1-3-6-15)18-13-14-7-9-16(10-8-14)21-12-4-11-19-21/h4,7-12,15H,1-3,5-6,13H2,(H2,18,20,22). The number of nitrogens with one attached hydrogen (secondary N) is 2. The number of nitrogens with zero attached hydrogens (tertiary/aromatic N) is 2. The van der Waals surface area contributed by atoms with Gasteiger partial charge in [0.25, 0.3) is 0 Å². The number of hydrogen-bond donors (Lipinski definition) is 2. The second kappa shape index (κ2) is 7.40. The van der Waals surface area contributed by atoms with Gasteiger partial charge in [-0.3, -0.25) is 0 Å². The van der Waals surface area contributed by atoms with Crippen molar-refractivity contribution in [2.45, 2.75) is 44.7 Å². The highest BCUT2D eigenvalue weighted by molar-refractivity contribution is 7.80. The maximum Gasteiger partial charge on any atom is 0.166 e. The van der Waals surface area contributed by atoms with Crippen LogP contribution in [0.4, 0.5) is 0 Å². The molecule has 0 saturated heterocycles. The summed E-state index contributed by atoms with van der Waals surface area (Å²) < 4.78 is 1.85. The molecule has 1 aromatic carbocycles. The Bertz CT molecular complexity index is 586. The van der Waals surface area contributed by atoms with Crippen molar-refractivity contribution in [2.24, 2.45) is 0 Å². The average molecular weight is 314 g/mol. The largest absolute Gasteiger partial charge is 0.360 e. The van der Waals surface area contributed by atoms with E-state index in [1.54, 1.807) is 6.20 Å². The molecule has 5 heteroatoms. The minimum absolute atomic E-state index is 0.552. The number of rotatable bonds is 4. The van der Waals surface area contributed by atoms with E-state index in [1.165, 1.54) is 37.7 Å². The van der Waals surface area contributed by atoms with E-state index in [2.05, 4.69) is 40.0 Å². The molecule has 0 aliphatic heterocycles. The maximum atomic E-state index is 5.39. The number of hydrogen-bond acceptors (Lipinski definition) is 2. The second-order valence-electron chi connectivity index (χ2n) is 5.78. The van der Waals surface area contributed by atoms with E-state index in [0.717, 1.165) is 17.3 Å². The van der Waals surface area contributed by atoms with Gasteiger partial charge in [-0.15, -0.1) is 0 Å². The van der Waals surface area contributed by atoms with Crippen LogP contribution in [0.25, 0.3) is 5.69 Å². The lowest BCUT2D eigenvalue weighted by Gasteiger charge is -2.24. The molecule has 22 heavy (non-hydrogen) atoms. The van der Waals surface area contributed by atoms with Crippen LogP contribution in [-0.2, 0) is 6.54 Å². The van der Waals surface area contributed by atoms with E-state index >= 15 is 0 Å². The SMILES string of the molecule is S=C(NCc1ccc(-n2cccn2)cc1)NC1CCCCC1. The lowest BCUT2D eigenvalue weighted by atomic mass is 9.96. The summed E-state index contributed by atoms with van der Waals surface area (Å²) >= 11 is 5.39. The lowest BCUT2D eigenvalue weighted by molar-refractivity contribution is 0.412. The molecule has 1 aromatic heterocycles. The van der Waals surface area contributed by atoms with Crippen LogP contribution in [0.1, 0.15) is 37.7 Å². The average Bonchev–Trinajstić information content (AvgIpc) is 3.09. The summed E-state index contributed by atoms with van der Waals surface area (Å²) in [6.45, 7) is 0.748. The Balaban J connectivity index is 1.47. The van der Waals surface area contributed by atoms with Crippen LogP contribution >= 0.6 is 12.2 Å². The molecule has 3 rings (SSSR count). The van der Waals surface area contributed by atoms with Crippen molar-refractivity contribution >= 4 is 17.3 Å². The Morgan fingerprint density at radius 1 is 1.18 bits per heavy atom. The van der Waals surface area contributed by atoms with Crippen LogP contribution in [-0.4, -0.2) is 20.9 Å². The summed E-state index contributed by atoms with van der Waals surface area (Å²) in [5.74, 6) is 0. The Labute approximate surface area is 136 Å². The van der Waals surface area contributed by atoms with Crippen molar-refractivity contribution in [2.75, 3.05) is 0 Å². The van der Waals surface area contributed by atoms with E-state index in [0.29, 0.717) is 6.04 Å². The molecule has 1 aliphatic rings. The van der Waals surface area contributed by atoms with Gasteiger partial charge in [-0.2, -0.15) is 5.10 Å². The highest BCUT2D eigenvalue weighted by Gasteiger charge is 2.13. The zero-order valence-electron chi connectivity index (χ0n) is 12.7. The third-order valence-corrected chi connectivity index (χ3v) is 4.36. The van der Waals surface area contributed by atoms with Crippen LogP contribution in [0.5, 0.6) is 0 Å². The molecule has 116 valence electrons. The van der Waals surface area contributed by atoms with Crippen LogP contribution in [0.2, 0.25) is 0 Å². The summed E-state index contributed by atoms with van der Waals surface area (Å²) in [6.07, 6.45) is 10.2. The van der Waals surface area contributed by atoms with E-state index in [-0.39, 0.29) is 0 Å². The fraction of sp³-hybridized carbons (Fsp3) is 0.412. The van der Waals surface area contributed by atoms with Gasteiger partial charge in [-0.05, 0) is 48.8 Å². The topological polar surface area (TPSA) is 41.9 Å². The molecule has 4 nitrogen and oxygen atoms in total. The van der Waals surface area contributed by atoms with Gasteiger partial charge >= 0.3 is 0 Å². The van der Waals surface area contributed by atoms with Crippen molar-refractivity contribution in [1.29, 1.82) is 0 Å². The minimum atomic E-state index is 0.552. The quantitative estimate of drug-likeness (QED) is 0.851. The van der Waals surface area contributed by atoms with E-state index in [4.69, 9.17) is 12.2 Å². The molecule has 2 N–H and O–H groups in total. The summed E-state index contributed by atoms with van der Waals surface area (Å²) in [5, 5.41) is 11.7. The molecule has 1 aliphatic carbocycles. The molecule has 1 fully saturated rings. The zero-order chi connectivity index (χ0) is 15.2. The monoisotopic (exact) mass is 314 g/mol. The summed E-state index contributed by atoms with van der Waals surface area (Å²) in [6, 6.07) is 10.8. The first-order valence-electron chi connectivity index (χ1n) is 7.94. The fourth-order valence-electron chi connectivity index (χ4n) is 2.85. The van der Waals surface area contributed by atoms with Crippen LogP contribution in [0.3, 0.4) is 0 Å². The molecular formula is C17H22N4S. The number of thiocarbonyl (C=S) groups is 1. The predicted octanol–water partition coefficient (Wildman–Crippen LogP) is 3.17. The maximum absolute atomic E-state index is 5.39. The Kier molecular flexibility index (Phi) is 5.06. The lowest BCUT2D eigenvalue weighted by Crippen LogP contribution is -2.42. The molecule has 1 saturated carbocycles. The van der Waals surface area contributed by atoms with Gasteiger partial charge in [-0.1, -0.05) is 31.4 Å². The second-order valence-corrected chi connectivity index (χ2v) is 6.19. The van der Waals surface area contributed by atoms with Gasteiger partial charge in [0.15, 0.2) is 5.11 Å². The molecule has 0 atom stereocenters. The molecule has 0 bridgehead atoms. The van der Waals surface area contributed by atoms with Gasteiger partial charge in [0.1, 0.15) is 0 Å². The first kappa shape index (κ1) is 15.0. The van der Waals surface area contributed by atoms with Crippen LogP contribution in [0.15, 0.2) is 42.7 Å². The van der Waals surface area contributed by atoms with Crippen molar-refractivity contribution in [3.05, 3.63) is 48.3 Å². The normalized spacial score (nSPS) is 15.5. The molecule has 0 amide bonds. The van der Waals surface area contributed by atoms with Crippen molar-refractivity contribution < 1.29 is 0 Å². The highest BCUT2D eigenvalue weighted by Crippen LogP contribution is 2.17. The molecule has 0 unspecified atom stereocenters. The highest BCUT2D eigenvalue weighted by atomic mass is 32.1. The Morgan fingerprint density at radius 3 is 2.64 bits per heavy atom. The third-order valence-electron chi connectivity index (χ3n) is 4.10. The smallest absolute Gasteiger partial charge is 0.166 e. The van der Waals surface area contributed by atoms with Crippen LogP contribution in [0, 0.1) is 0 Å². The van der Waals surface area contributed by atoms with E-state index < -0.39 is 0 Å².